The fraction of sp³-hybridized carbons (Fsp3) is 0.294. The van der Waals surface area contributed by atoms with Crippen molar-refractivity contribution in [3.05, 3.63) is 47.8 Å². The van der Waals surface area contributed by atoms with Crippen molar-refractivity contribution in [1.29, 1.82) is 0 Å². The van der Waals surface area contributed by atoms with Gasteiger partial charge in [-0.05, 0) is 25.0 Å². The molecule has 0 N–H and O–H groups in total. The van der Waals surface area contributed by atoms with E-state index >= 15 is 0 Å². The zero-order valence-electron chi connectivity index (χ0n) is 12.7. The molecule has 2 heterocycles. The molecule has 1 aromatic carbocycles. The number of hydrogen-bond acceptors (Lipinski definition) is 4. The molecule has 0 saturated carbocycles. The summed E-state index contributed by atoms with van der Waals surface area (Å²) in [6.07, 6.45) is 5.04. The lowest BCUT2D eigenvalue weighted by Gasteiger charge is -2.31. The second-order valence-corrected chi connectivity index (χ2v) is 5.13. The van der Waals surface area contributed by atoms with Crippen LogP contribution in [-0.2, 0) is 6.42 Å². The maximum absolute atomic E-state index is 12.8. The number of aromatic nitrogens is 1. The first-order valence-corrected chi connectivity index (χ1v) is 7.21. The van der Waals surface area contributed by atoms with Crippen LogP contribution < -0.4 is 14.4 Å². The molecule has 22 heavy (non-hydrogen) atoms. The quantitative estimate of drug-likeness (QED) is 0.874. The van der Waals surface area contributed by atoms with Gasteiger partial charge in [-0.25, -0.2) is 0 Å². The van der Waals surface area contributed by atoms with Crippen molar-refractivity contribution in [1.82, 2.24) is 4.98 Å². The Morgan fingerprint density at radius 1 is 1.27 bits per heavy atom. The van der Waals surface area contributed by atoms with Crippen LogP contribution in [-0.4, -0.2) is 31.7 Å². The summed E-state index contributed by atoms with van der Waals surface area (Å²) in [6.45, 7) is 0.678. The highest BCUT2D eigenvalue weighted by molar-refractivity contribution is 6.06. The number of carbonyl (C=O) groups excluding carboxylic acids is 1. The fourth-order valence-electron chi connectivity index (χ4n) is 2.79. The largest absolute Gasteiger partial charge is 0.497 e. The number of nitrogens with zero attached hydrogens (tertiary/aromatic N) is 2. The minimum Gasteiger partial charge on any atom is -0.497 e. The second kappa shape index (κ2) is 6.05. The number of rotatable bonds is 3. The molecule has 114 valence electrons. The number of methoxy groups -OCH3 is 2. The van der Waals surface area contributed by atoms with Gasteiger partial charge >= 0.3 is 0 Å². The van der Waals surface area contributed by atoms with Gasteiger partial charge in [0, 0.05) is 36.6 Å². The number of anilines is 1. The molecular formula is C17H18N2O3. The molecule has 0 saturated heterocycles. The molecule has 1 aliphatic rings. The van der Waals surface area contributed by atoms with Crippen LogP contribution in [0.25, 0.3) is 0 Å². The summed E-state index contributed by atoms with van der Waals surface area (Å²) in [5.41, 5.74) is 2.49. The number of pyridine rings is 1. The Kier molecular flexibility index (Phi) is 3.96. The van der Waals surface area contributed by atoms with E-state index in [4.69, 9.17) is 9.47 Å². The average molecular weight is 298 g/mol. The monoisotopic (exact) mass is 298 g/mol. The third-order valence-electron chi connectivity index (χ3n) is 3.87. The lowest BCUT2D eigenvalue weighted by atomic mass is 9.99. The van der Waals surface area contributed by atoms with E-state index in [1.54, 1.807) is 43.6 Å². The zero-order valence-corrected chi connectivity index (χ0v) is 12.7. The highest BCUT2D eigenvalue weighted by Crippen LogP contribution is 2.38. The van der Waals surface area contributed by atoms with Crippen molar-refractivity contribution < 1.29 is 14.3 Å². The molecule has 0 spiro atoms. The van der Waals surface area contributed by atoms with Gasteiger partial charge in [0.25, 0.3) is 5.91 Å². The van der Waals surface area contributed by atoms with Crippen molar-refractivity contribution in [2.75, 3.05) is 25.7 Å². The Balaban J connectivity index is 2.05. The molecular weight excluding hydrogens is 280 g/mol. The van der Waals surface area contributed by atoms with Gasteiger partial charge in [-0.3, -0.25) is 9.78 Å². The molecule has 1 aliphatic heterocycles. The van der Waals surface area contributed by atoms with Crippen LogP contribution in [0.3, 0.4) is 0 Å². The van der Waals surface area contributed by atoms with Crippen LogP contribution in [0.15, 0.2) is 36.7 Å². The van der Waals surface area contributed by atoms with Gasteiger partial charge in [-0.1, -0.05) is 0 Å². The topological polar surface area (TPSA) is 51.7 Å². The van der Waals surface area contributed by atoms with Gasteiger partial charge in [0.15, 0.2) is 0 Å². The Labute approximate surface area is 129 Å². The number of hydrogen-bond donors (Lipinski definition) is 0. The number of amides is 1. The third kappa shape index (κ3) is 2.50. The smallest absolute Gasteiger partial charge is 0.259 e. The van der Waals surface area contributed by atoms with Crippen molar-refractivity contribution in [2.24, 2.45) is 0 Å². The highest BCUT2D eigenvalue weighted by atomic mass is 16.5. The molecule has 0 radical (unpaired) electrons. The molecule has 0 aliphatic carbocycles. The van der Waals surface area contributed by atoms with Crippen LogP contribution >= 0.6 is 0 Å². The van der Waals surface area contributed by atoms with Gasteiger partial charge < -0.3 is 14.4 Å². The molecule has 3 rings (SSSR count). The summed E-state index contributed by atoms with van der Waals surface area (Å²) in [6, 6.07) is 7.30. The van der Waals surface area contributed by atoms with E-state index in [0.717, 1.165) is 29.8 Å². The highest BCUT2D eigenvalue weighted by Gasteiger charge is 2.26. The van der Waals surface area contributed by atoms with E-state index in [-0.39, 0.29) is 5.91 Å². The lowest BCUT2D eigenvalue weighted by Crippen LogP contribution is -2.35. The van der Waals surface area contributed by atoms with Gasteiger partial charge in [0.1, 0.15) is 11.5 Å². The van der Waals surface area contributed by atoms with E-state index in [9.17, 15) is 4.79 Å². The number of carbonyl (C=O) groups is 1. The van der Waals surface area contributed by atoms with Crippen LogP contribution in [0.1, 0.15) is 22.3 Å². The summed E-state index contributed by atoms with van der Waals surface area (Å²) in [5, 5.41) is 0. The first kappa shape index (κ1) is 14.4. The third-order valence-corrected chi connectivity index (χ3v) is 3.87. The van der Waals surface area contributed by atoms with Crippen molar-refractivity contribution in [3.63, 3.8) is 0 Å². The Morgan fingerprint density at radius 2 is 2.14 bits per heavy atom. The molecule has 5 heteroatoms. The normalized spacial score (nSPS) is 13.5. The predicted octanol–water partition coefficient (Wildman–Crippen LogP) is 2.69. The molecule has 0 bridgehead atoms. The van der Waals surface area contributed by atoms with Crippen molar-refractivity contribution in [3.8, 4) is 11.5 Å². The van der Waals surface area contributed by atoms with E-state index in [1.165, 1.54) is 0 Å². The van der Waals surface area contributed by atoms with E-state index in [0.29, 0.717) is 17.9 Å². The minimum atomic E-state index is -0.0515. The van der Waals surface area contributed by atoms with Crippen LogP contribution in [0.5, 0.6) is 11.5 Å². The Morgan fingerprint density at radius 3 is 2.82 bits per heavy atom. The van der Waals surface area contributed by atoms with Crippen molar-refractivity contribution >= 4 is 11.6 Å². The Hall–Kier alpha value is -2.56. The molecule has 0 atom stereocenters. The molecule has 5 nitrogen and oxygen atoms in total. The molecule has 2 aromatic rings. The van der Waals surface area contributed by atoms with E-state index in [1.807, 2.05) is 12.1 Å². The maximum atomic E-state index is 12.8. The summed E-state index contributed by atoms with van der Waals surface area (Å²) in [5.74, 6) is 1.39. The first-order chi connectivity index (χ1) is 10.7. The minimum absolute atomic E-state index is 0.0515. The molecule has 0 unspecified atom stereocenters. The fourth-order valence-corrected chi connectivity index (χ4v) is 2.79. The zero-order chi connectivity index (χ0) is 15.5. The van der Waals surface area contributed by atoms with E-state index in [2.05, 4.69) is 4.98 Å². The SMILES string of the molecule is COc1cc(OC)c2c(c1)N(C(=O)c1cccnc1)CCC2. The molecule has 1 amide bonds. The van der Waals surface area contributed by atoms with Crippen LogP contribution in [0, 0.1) is 0 Å². The van der Waals surface area contributed by atoms with Crippen LogP contribution in [0.2, 0.25) is 0 Å². The maximum Gasteiger partial charge on any atom is 0.259 e. The second-order valence-electron chi connectivity index (χ2n) is 5.13. The number of ether oxygens (including phenoxy) is 2. The van der Waals surface area contributed by atoms with Crippen molar-refractivity contribution in [2.45, 2.75) is 12.8 Å². The standard InChI is InChI=1S/C17H18N2O3/c1-21-13-9-15-14(16(10-13)22-2)6-4-8-19(15)17(20)12-5-3-7-18-11-12/h3,5,7,9-11H,4,6,8H2,1-2H3. The molecule has 0 fully saturated rings. The van der Waals surface area contributed by atoms with Gasteiger partial charge in [-0.15, -0.1) is 0 Å². The lowest BCUT2D eigenvalue weighted by molar-refractivity contribution is 0.0984. The van der Waals surface area contributed by atoms with Crippen LogP contribution in [0.4, 0.5) is 5.69 Å². The summed E-state index contributed by atoms with van der Waals surface area (Å²) < 4.78 is 10.8. The summed E-state index contributed by atoms with van der Waals surface area (Å²) in [7, 11) is 3.24. The summed E-state index contributed by atoms with van der Waals surface area (Å²) in [4.78, 5) is 18.6. The molecule has 1 aromatic heterocycles. The predicted molar refractivity (Wildman–Crippen MR) is 83.8 cm³/mol. The Bertz CT molecular complexity index is 686. The van der Waals surface area contributed by atoms with Gasteiger partial charge in [0.05, 0.1) is 25.5 Å². The first-order valence-electron chi connectivity index (χ1n) is 7.21. The van der Waals surface area contributed by atoms with E-state index < -0.39 is 0 Å². The number of benzene rings is 1. The summed E-state index contributed by atoms with van der Waals surface area (Å²) >= 11 is 0. The van der Waals surface area contributed by atoms with Gasteiger partial charge in [-0.2, -0.15) is 0 Å². The number of fused-ring (bicyclic) bond motifs is 1. The average Bonchev–Trinajstić information content (AvgIpc) is 2.60. The van der Waals surface area contributed by atoms with Gasteiger partial charge in [0.2, 0.25) is 0 Å².